The molecule has 16 nitrogen and oxygen atoms in total. The Kier molecular flexibility index (Phi) is 9.32. The SMILES string of the molecule is Nc1nc2ncc(CNc3ccc(C(=O)N[C@@H](CCC(=O)O)C(=O)[C@](N)(Cc4ccc(O)c(F)c4)C(=O)O)cc3)nc2c(=O)[nH]1. The highest BCUT2D eigenvalue weighted by molar-refractivity contribution is 6.11. The number of carbonyl (C=O) groups is 4. The number of ketones is 1. The number of phenolic OH excluding ortho intramolecular Hbond substituents is 1. The minimum absolute atomic E-state index is 0.00199. The molecule has 2 aromatic heterocycles. The Morgan fingerprint density at radius 2 is 1.78 bits per heavy atom. The summed E-state index contributed by atoms with van der Waals surface area (Å²) in [4.78, 5) is 76.5. The number of nitrogens with one attached hydrogen (secondary N) is 3. The van der Waals surface area contributed by atoms with Gasteiger partial charge in [0.15, 0.2) is 34.1 Å². The number of carboxylic acid groups (broad SMARTS) is 2. The Hall–Kier alpha value is -5.97. The quantitative estimate of drug-likeness (QED) is 0.0932. The fourth-order valence-corrected chi connectivity index (χ4v) is 4.33. The molecule has 0 fully saturated rings. The molecular weight excluding hydrogens is 595 g/mol. The molecule has 4 rings (SSSR count). The van der Waals surface area contributed by atoms with Gasteiger partial charge in [0.25, 0.3) is 11.5 Å². The van der Waals surface area contributed by atoms with Gasteiger partial charge in [-0.3, -0.25) is 24.2 Å². The summed E-state index contributed by atoms with van der Waals surface area (Å²) in [5, 5.41) is 33.8. The molecule has 0 spiro atoms. The van der Waals surface area contributed by atoms with Crippen LogP contribution in [0.5, 0.6) is 5.75 Å². The van der Waals surface area contributed by atoms with E-state index < -0.39 is 71.6 Å². The van der Waals surface area contributed by atoms with Gasteiger partial charge in [0.05, 0.1) is 24.5 Å². The van der Waals surface area contributed by atoms with E-state index >= 15 is 0 Å². The number of phenols is 1. The van der Waals surface area contributed by atoms with Gasteiger partial charge in [0.1, 0.15) is 0 Å². The molecule has 0 aliphatic heterocycles. The van der Waals surface area contributed by atoms with Gasteiger partial charge in [-0.15, -0.1) is 0 Å². The lowest BCUT2D eigenvalue weighted by Crippen LogP contribution is -2.63. The number of hydrogen-bond acceptors (Lipinski definition) is 12. The number of nitrogen functional groups attached to an aromatic ring is 1. The van der Waals surface area contributed by atoms with Crippen LogP contribution in [0.25, 0.3) is 11.2 Å². The maximum atomic E-state index is 13.9. The van der Waals surface area contributed by atoms with Crippen molar-refractivity contribution in [3.05, 3.63) is 81.7 Å². The third-order valence-electron chi connectivity index (χ3n) is 6.69. The van der Waals surface area contributed by atoms with E-state index in [1.54, 1.807) is 0 Å². The van der Waals surface area contributed by atoms with Crippen molar-refractivity contribution >= 4 is 46.4 Å². The summed E-state index contributed by atoms with van der Waals surface area (Å²) in [7, 11) is 0. The van der Waals surface area contributed by atoms with E-state index in [0.29, 0.717) is 11.4 Å². The van der Waals surface area contributed by atoms with Crippen molar-refractivity contribution < 1.29 is 38.9 Å². The number of fused-ring (bicyclic) bond motifs is 1. The lowest BCUT2D eigenvalue weighted by Gasteiger charge is -2.28. The lowest BCUT2D eigenvalue weighted by molar-refractivity contribution is -0.149. The normalized spacial score (nSPS) is 13.0. The highest BCUT2D eigenvalue weighted by Gasteiger charge is 2.46. The van der Waals surface area contributed by atoms with E-state index in [9.17, 15) is 38.6 Å². The number of benzene rings is 2. The second kappa shape index (κ2) is 13.1. The number of anilines is 2. The number of H-pyrrole nitrogens is 1. The van der Waals surface area contributed by atoms with Gasteiger partial charge in [-0.25, -0.2) is 19.2 Å². The van der Waals surface area contributed by atoms with Crippen molar-refractivity contribution in [1.29, 1.82) is 0 Å². The summed E-state index contributed by atoms with van der Waals surface area (Å²) in [6, 6.07) is 7.16. The number of carbonyl (C=O) groups excluding carboxylic acids is 2. The molecule has 0 saturated heterocycles. The van der Waals surface area contributed by atoms with Crippen LogP contribution in [0.2, 0.25) is 0 Å². The number of aromatic amines is 1. The first kappa shape index (κ1) is 32.0. The topological polar surface area (TPSA) is 277 Å². The number of nitrogens with zero attached hydrogens (tertiary/aromatic N) is 3. The molecule has 2 aromatic carbocycles. The molecule has 0 aliphatic rings. The zero-order valence-electron chi connectivity index (χ0n) is 23.3. The van der Waals surface area contributed by atoms with E-state index in [1.807, 2.05) is 0 Å². The van der Waals surface area contributed by atoms with Gasteiger partial charge in [0.2, 0.25) is 5.95 Å². The van der Waals surface area contributed by atoms with Crippen molar-refractivity contribution in [2.24, 2.45) is 5.73 Å². The summed E-state index contributed by atoms with van der Waals surface area (Å²) in [5.41, 5.74) is 9.31. The summed E-state index contributed by atoms with van der Waals surface area (Å²) in [6.45, 7) is 0.142. The maximum absolute atomic E-state index is 13.9. The monoisotopic (exact) mass is 622 g/mol. The Bertz CT molecular complexity index is 1850. The summed E-state index contributed by atoms with van der Waals surface area (Å²) >= 11 is 0. The fraction of sp³-hybridized carbons (Fsp3) is 0.214. The highest BCUT2D eigenvalue weighted by atomic mass is 19.1. The molecular formula is C28H27FN8O8. The number of aromatic hydroxyl groups is 1. The number of halogens is 1. The molecule has 4 aromatic rings. The molecule has 0 saturated carbocycles. The van der Waals surface area contributed by atoms with Crippen LogP contribution < -0.4 is 27.7 Å². The lowest BCUT2D eigenvalue weighted by atomic mass is 9.83. The van der Waals surface area contributed by atoms with Crippen LogP contribution >= 0.6 is 0 Å². The van der Waals surface area contributed by atoms with Crippen molar-refractivity contribution in [2.75, 3.05) is 11.1 Å². The van der Waals surface area contributed by atoms with Gasteiger partial charge in [-0.1, -0.05) is 6.07 Å². The van der Waals surface area contributed by atoms with Gasteiger partial charge in [0, 0.05) is 24.1 Å². The third-order valence-corrected chi connectivity index (χ3v) is 6.69. The van der Waals surface area contributed by atoms with Crippen LogP contribution in [0.1, 0.15) is 34.5 Å². The van der Waals surface area contributed by atoms with Crippen LogP contribution in [0.4, 0.5) is 16.0 Å². The van der Waals surface area contributed by atoms with Crippen molar-refractivity contribution in [3.63, 3.8) is 0 Å². The molecule has 2 atom stereocenters. The first-order chi connectivity index (χ1) is 21.3. The second-order valence-electron chi connectivity index (χ2n) is 9.98. The van der Waals surface area contributed by atoms with E-state index in [-0.39, 0.29) is 34.8 Å². The number of nitrogens with two attached hydrogens (primary N) is 2. The predicted molar refractivity (Wildman–Crippen MR) is 156 cm³/mol. The Labute approximate surface area is 252 Å². The Morgan fingerprint density at radius 1 is 1.07 bits per heavy atom. The zero-order chi connectivity index (χ0) is 32.9. The smallest absolute Gasteiger partial charge is 0.331 e. The fourth-order valence-electron chi connectivity index (χ4n) is 4.33. The first-order valence-electron chi connectivity index (χ1n) is 13.2. The first-order valence-corrected chi connectivity index (χ1v) is 13.2. The zero-order valence-corrected chi connectivity index (χ0v) is 23.3. The number of Topliss-reactive ketones (excluding diaryl/α,β-unsaturated/α-hetero) is 1. The molecule has 0 radical (unpaired) electrons. The van der Waals surface area contributed by atoms with Crippen molar-refractivity contribution in [1.82, 2.24) is 25.3 Å². The van der Waals surface area contributed by atoms with Crippen LogP contribution in [0.15, 0.2) is 53.5 Å². The van der Waals surface area contributed by atoms with Gasteiger partial charge in [-0.05, 0) is 48.4 Å². The van der Waals surface area contributed by atoms with Gasteiger partial charge < -0.3 is 37.4 Å². The van der Waals surface area contributed by atoms with Crippen LogP contribution in [-0.4, -0.2) is 70.5 Å². The Morgan fingerprint density at radius 3 is 2.42 bits per heavy atom. The second-order valence-corrected chi connectivity index (χ2v) is 9.98. The number of hydrogen-bond donors (Lipinski definition) is 8. The molecule has 45 heavy (non-hydrogen) atoms. The van der Waals surface area contributed by atoms with Crippen molar-refractivity contribution in [3.8, 4) is 5.75 Å². The minimum atomic E-state index is -2.67. The number of aliphatic carboxylic acids is 2. The largest absolute Gasteiger partial charge is 0.505 e. The van der Waals surface area contributed by atoms with Gasteiger partial charge in [-0.2, -0.15) is 4.98 Å². The van der Waals surface area contributed by atoms with E-state index in [4.69, 9.17) is 16.6 Å². The molecule has 234 valence electrons. The molecule has 2 heterocycles. The average Bonchev–Trinajstić information content (AvgIpc) is 2.99. The predicted octanol–water partition coefficient (Wildman–Crippen LogP) is 0.309. The molecule has 1 amide bonds. The number of aromatic nitrogens is 4. The highest BCUT2D eigenvalue weighted by Crippen LogP contribution is 2.22. The van der Waals surface area contributed by atoms with Crippen LogP contribution in [-0.2, 0) is 27.3 Å². The maximum Gasteiger partial charge on any atom is 0.331 e. The molecule has 0 bridgehead atoms. The average molecular weight is 623 g/mol. The van der Waals surface area contributed by atoms with E-state index in [2.05, 4.69) is 30.6 Å². The molecule has 10 N–H and O–H groups in total. The number of carboxylic acids is 2. The summed E-state index contributed by atoms with van der Waals surface area (Å²) in [6.07, 6.45) is -0.383. The van der Waals surface area contributed by atoms with Crippen molar-refractivity contribution in [2.45, 2.75) is 37.4 Å². The number of rotatable bonds is 13. The van der Waals surface area contributed by atoms with E-state index in [1.165, 1.54) is 36.5 Å². The van der Waals surface area contributed by atoms with E-state index in [0.717, 1.165) is 12.1 Å². The van der Waals surface area contributed by atoms with Crippen LogP contribution in [0.3, 0.4) is 0 Å². The number of amides is 1. The molecule has 0 aliphatic carbocycles. The molecule has 17 heteroatoms. The summed E-state index contributed by atoms with van der Waals surface area (Å²) < 4.78 is 13.9. The molecule has 0 unspecified atom stereocenters. The van der Waals surface area contributed by atoms with Crippen LogP contribution in [0, 0.1) is 5.82 Å². The minimum Gasteiger partial charge on any atom is -0.505 e. The standard InChI is InChI=1S/C28H27FN8O8/c29-17-9-13(1-7-19(17)38)10-28(31,26(44)45)22(41)18(6-8-20(39)40)35-24(42)14-2-4-15(5-3-14)32-11-16-12-33-23-21(34-16)25(43)37-27(30)36-23/h1-5,7,9,12,18,32,38H,6,8,10-11,31H2,(H,35,42)(H,39,40)(H,44,45)(H3,30,33,36,37,43)/t18-,28+/m0/s1. The Balaban J connectivity index is 1.47. The summed E-state index contributed by atoms with van der Waals surface area (Å²) in [5.74, 6) is -6.97. The van der Waals surface area contributed by atoms with Gasteiger partial charge >= 0.3 is 11.9 Å². The third kappa shape index (κ3) is 7.52.